The van der Waals surface area contributed by atoms with Crippen molar-refractivity contribution in [3.05, 3.63) is 0 Å². The topological polar surface area (TPSA) is 64.3 Å². The second kappa shape index (κ2) is 10.4. The number of carbonyl (C=O) groups excluding carboxylic acids is 1. The van der Waals surface area contributed by atoms with E-state index in [1.165, 1.54) is 6.42 Å². The van der Waals surface area contributed by atoms with Crippen molar-refractivity contribution in [3.63, 3.8) is 0 Å². The molecule has 0 spiro atoms. The van der Waals surface area contributed by atoms with Gasteiger partial charge in [0.05, 0.1) is 0 Å². The summed E-state index contributed by atoms with van der Waals surface area (Å²) in [5.41, 5.74) is 5.10. The van der Waals surface area contributed by atoms with Gasteiger partial charge < -0.3 is 15.8 Å². The van der Waals surface area contributed by atoms with E-state index in [1.807, 2.05) is 0 Å². The minimum atomic E-state index is -0.413. The maximum absolute atomic E-state index is 10.7. The van der Waals surface area contributed by atoms with Gasteiger partial charge in [0.2, 0.25) is 0 Å². The van der Waals surface area contributed by atoms with Crippen molar-refractivity contribution in [2.75, 3.05) is 13.2 Å². The van der Waals surface area contributed by atoms with Gasteiger partial charge in [0.1, 0.15) is 0 Å². The molecule has 1 saturated heterocycles. The lowest BCUT2D eigenvalue weighted by molar-refractivity contribution is 0.0608. The predicted octanol–water partition coefficient (Wildman–Crippen LogP) is 2.91. The van der Waals surface area contributed by atoms with Gasteiger partial charge in [-0.2, -0.15) is 0 Å². The molecule has 0 aromatic carbocycles. The van der Waals surface area contributed by atoms with Gasteiger partial charge in [-0.3, -0.25) is 0 Å². The Labute approximate surface area is 107 Å². The van der Waals surface area contributed by atoms with Crippen molar-refractivity contribution in [2.45, 2.75) is 58.9 Å². The minimum absolute atomic E-state index is 0. The van der Waals surface area contributed by atoms with Crippen LogP contribution in [0.3, 0.4) is 0 Å². The summed E-state index contributed by atoms with van der Waals surface area (Å²) in [7, 11) is 0. The second-order valence-electron chi connectivity index (χ2n) is 4.61. The highest BCUT2D eigenvalue weighted by molar-refractivity contribution is 5.71. The first-order valence-electron chi connectivity index (χ1n) is 6.77. The van der Waals surface area contributed by atoms with Crippen LogP contribution in [0.25, 0.3) is 0 Å². The fourth-order valence-corrected chi connectivity index (χ4v) is 1.91. The van der Waals surface area contributed by atoms with Gasteiger partial charge in [-0.1, -0.05) is 27.2 Å². The lowest BCUT2D eigenvalue weighted by Gasteiger charge is -2.26. The highest BCUT2D eigenvalue weighted by atomic mass is 16.5. The molecule has 4 nitrogen and oxygen atoms in total. The molecular formula is C13H30N2O2. The van der Waals surface area contributed by atoms with Crippen LogP contribution < -0.4 is 11.1 Å². The molecule has 104 valence electrons. The first-order valence-corrected chi connectivity index (χ1v) is 6.77. The van der Waals surface area contributed by atoms with Gasteiger partial charge in [0, 0.05) is 20.7 Å². The van der Waals surface area contributed by atoms with Crippen LogP contribution >= 0.6 is 0 Å². The molecule has 0 radical (unpaired) electrons. The fourth-order valence-electron chi connectivity index (χ4n) is 1.91. The molecule has 0 aromatic rings. The lowest BCUT2D eigenvalue weighted by atomic mass is 9.91. The second-order valence-corrected chi connectivity index (χ2v) is 4.61. The molecule has 17 heavy (non-hydrogen) atoms. The van der Waals surface area contributed by atoms with E-state index in [2.05, 4.69) is 26.1 Å². The highest BCUT2D eigenvalue weighted by Gasteiger charge is 2.18. The summed E-state index contributed by atoms with van der Waals surface area (Å²) in [6, 6.07) is -0.181. The van der Waals surface area contributed by atoms with Crippen molar-refractivity contribution in [1.82, 2.24) is 5.32 Å². The summed E-state index contributed by atoms with van der Waals surface area (Å²) in [5.74, 6) is 0.681. The molecular weight excluding hydrogens is 216 g/mol. The van der Waals surface area contributed by atoms with E-state index in [9.17, 15) is 4.79 Å². The maximum atomic E-state index is 10.7. The van der Waals surface area contributed by atoms with E-state index in [0.29, 0.717) is 5.92 Å². The number of ether oxygens (including phenoxy) is 1. The molecule has 1 aliphatic rings. The maximum Gasteiger partial charge on any atom is 0.312 e. The number of urea groups is 1. The summed E-state index contributed by atoms with van der Waals surface area (Å²) in [5, 5.41) is 2.77. The Kier molecular flexibility index (Phi) is 9.92. The van der Waals surface area contributed by atoms with Crippen molar-refractivity contribution >= 4 is 6.03 Å². The van der Waals surface area contributed by atoms with E-state index >= 15 is 0 Å². The molecule has 1 heterocycles. The molecule has 0 unspecified atom stereocenters. The molecule has 0 saturated carbocycles. The fraction of sp³-hybridized carbons (Fsp3) is 0.923. The number of hydrogen-bond donors (Lipinski definition) is 2. The number of nitrogens with two attached hydrogens (primary N) is 1. The summed E-state index contributed by atoms with van der Waals surface area (Å²) >= 11 is 0. The molecule has 4 heteroatoms. The summed E-state index contributed by atoms with van der Waals surface area (Å²) in [4.78, 5) is 10.7. The third kappa shape index (κ3) is 8.98. The third-order valence-electron chi connectivity index (χ3n) is 2.80. The van der Waals surface area contributed by atoms with Gasteiger partial charge >= 0.3 is 6.03 Å². The third-order valence-corrected chi connectivity index (χ3v) is 2.80. The Bertz CT molecular complexity index is 197. The smallest absolute Gasteiger partial charge is 0.312 e. The average Bonchev–Trinajstić information content (AvgIpc) is 2.30. The zero-order chi connectivity index (χ0) is 13.1. The zero-order valence-electron chi connectivity index (χ0n) is 11.5. The monoisotopic (exact) mass is 246 g/mol. The van der Waals surface area contributed by atoms with Crippen LogP contribution in [0.5, 0.6) is 0 Å². The number of rotatable bonds is 4. The van der Waals surface area contributed by atoms with Crippen LogP contribution in [-0.2, 0) is 4.74 Å². The van der Waals surface area contributed by atoms with Gasteiger partial charge in [-0.25, -0.2) is 4.79 Å². The molecule has 0 aliphatic carbocycles. The van der Waals surface area contributed by atoms with Crippen molar-refractivity contribution < 1.29 is 11.0 Å². The normalized spacial score (nSPS) is 17.8. The quantitative estimate of drug-likeness (QED) is 0.801. The Hall–Kier alpha value is -0.770. The van der Waals surface area contributed by atoms with Crippen molar-refractivity contribution in [1.29, 1.82) is 0 Å². The Morgan fingerprint density at radius 2 is 1.94 bits per heavy atom. The van der Waals surface area contributed by atoms with Gasteiger partial charge in [-0.05, 0) is 31.6 Å². The SMILES string of the molecule is CCC.CC[C@H](CC1CCOCC1)NC(N)=O.[HH]. The van der Waals surface area contributed by atoms with Crippen LogP contribution in [0.15, 0.2) is 0 Å². The average molecular weight is 246 g/mol. The highest BCUT2D eigenvalue weighted by Crippen LogP contribution is 2.20. The number of hydrogen-bond acceptors (Lipinski definition) is 2. The molecule has 1 rings (SSSR count). The Morgan fingerprint density at radius 1 is 1.41 bits per heavy atom. The standard InChI is InChI=1S/C10H20N2O2.C3H8.H2/c1-2-9(12-10(11)13)7-8-3-5-14-6-4-8;1-3-2;/h8-9H,2-7H2,1H3,(H3,11,12,13);3H2,1-2H3;1H/t9-;;/m1../s1. The van der Waals surface area contributed by atoms with Crippen molar-refractivity contribution in [3.8, 4) is 0 Å². The molecule has 0 aromatic heterocycles. The van der Waals surface area contributed by atoms with Crippen LogP contribution in [0.1, 0.15) is 54.3 Å². The lowest BCUT2D eigenvalue weighted by Crippen LogP contribution is -2.39. The molecule has 1 fully saturated rings. The van der Waals surface area contributed by atoms with Crippen molar-refractivity contribution in [2.24, 2.45) is 11.7 Å². The van der Waals surface area contributed by atoms with E-state index in [-0.39, 0.29) is 7.47 Å². The van der Waals surface area contributed by atoms with Crippen LogP contribution in [0, 0.1) is 5.92 Å². The van der Waals surface area contributed by atoms with Crippen LogP contribution in [-0.4, -0.2) is 25.3 Å². The number of primary amides is 1. The molecule has 1 aliphatic heterocycles. The summed E-state index contributed by atoms with van der Waals surface area (Å²) in [6.07, 6.45) is 5.44. The first kappa shape index (κ1) is 16.2. The molecule has 3 N–H and O–H groups in total. The van der Waals surface area contributed by atoms with Crippen LogP contribution in [0.2, 0.25) is 0 Å². The number of amides is 2. The largest absolute Gasteiger partial charge is 0.381 e. The Balaban J connectivity index is 0. The van der Waals surface area contributed by atoms with E-state index in [1.54, 1.807) is 0 Å². The predicted molar refractivity (Wildman–Crippen MR) is 73.0 cm³/mol. The molecule has 1 atom stereocenters. The molecule has 2 amide bonds. The summed E-state index contributed by atoms with van der Waals surface area (Å²) < 4.78 is 5.28. The first-order chi connectivity index (χ1) is 8.13. The van der Waals surface area contributed by atoms with Gasteiger partial charge in [-0.15, -0.1) is 0 Å². The summed E-state index contributed by atoms with van der Waals surface area (Å²) in [6.45, 7) is 8.04. The van der Waals surface area contributed by atoms with Gasteiger partial charge in [0.15, 0.2) is 0 Å². The van der Waals surface area contributed by atoms with E-state index in [4.69, 9.17) is 10.5 Å². The molecule has 0 bridgehead atoms. The van der Waals surface area contributed by atoms with E-state index < -0.39 is 6.03 Å². The van der Waals surface area contributed by atoms with E-state index in [0.717, 1.165) is 38.9 Å². The minimum Gasteiger partial charge on any atom is -0.381 e. The number of nitrogens with one attached hydrogen (secondary N) is 1. The van der Waals surface area contributed by atoms with Crippen LogP contribution in [0.4, 0.5) is 4.79 Å². The Morgan fingerprint density at radius 3 is 2.35 bits per heavy atom. The number of carbonyl (C=O) groups is 1. The van der Waals surface area contributed by atoms with Gasteiger partial charge in [0.25, 0.3) is 0 Å². The zero-order valence-corrected chi connectivity index (χ0v) is 11.5.